The van der Waals surface area contributed by atoms with Crippen LogP contribution in [0.5, 0.6) is 0 Å². The first-order chi connectivity index (χ1) is 21.8. The number of carbonyl (C=O) groups excluding carboxylic acids is 2. The molecule has 6 rings (SSSR count). The van der Waals surface area contributed by atoms with Gasteiger partial charge in [-0.15, -0.1) is 0 Å². The minimum Gasteiger partial charge on any atom is -0.316 e. The van der Waals surface area contributed by atoms with Gasteiger partial charge in [-0.25, -0.2) is 9.97 Å². The van der Waals surface area contributed by atoms with Crippen LogP contribution in [0.1, 0.15) is 41.7 Å². The van der Waals surface area contributed by atoms with Crippen LogP contribution in [-0.2, 0) is 14.1 Å². The maximum Gasteiger partial charge on any atom is 0.274 e. The van der Waals surface area contributed by atoms with Crippen LogP contribution in [0, 0.1) is 10.7 Å². The molecular weight excluding hydrogens is 560 g/mol. The number of rotatable bonds is 4. The van der Waals surface area contributed by atoms with Crippen molar-refractivity contribution in [2.45, 2.75) is 20.8 Å². The lowest BCUT2D eigenvalue weighted by Crippen LogP contribution is -2.29. The molecular formula is C37H36N6O2+2. The van der Waals surface area contributed by atoms with E-state index in [1.54, 1.807) is 18.2 Å². The number of aryl methyl sites for hydroxylation is 2. The van der Waals surface area contributed by atoms with Crippen molar-refractivity contribution in [2.75, 3.05) is 10.6 Å². The lowest BCUT2D eigenvalue weighted by molar-refractivity contribution is -0.644. The Kier molecular flexibility index (Phi) is 9.04. The normalized spacial score (nSPS) is 12.0. The number of fused-ring (bicyclic) bond motifs is 2. The van der Waals surface area contributed by atoms with E-state index < -0.39 is 0 Å². The van der Waals surface area contributed by atoms with E-state index >= 15 is 0 Å². The van der Waals surface area contributed by atoms with Crippen LogP contribution in [-0.4, -0.2) is 21.8 Å². The Balaban J connectivity index is 0.00000196. The molecule has 224 valence electrons. The monoisotopic (exact) mass is 596 g/mol. The maximum atomic E-state index is 13.3. The molecule has 0 atom stereocenters. The molecule has 6 aromatic rings. The maximum absolute atomic E-state index is 13.3. The first-order valence-corrected chi connectivity index (χ1v) is 14.8. The van der Waals surface area contributed by atoms with E-state index in [-0.39, 0.29) is 23.2 Å². The van der Waals surface area contributed by atoms with Crippen LogP contribution in [0.2, 0.25) is 0 Å². The highest BCUT2D eigenvalue weighted by molar-refractivity contribution is 6.04. The van der Waals surface area contributed by atoms with Crippen molar-refractivity contribution in [1.82, 2.24) is 9.97 Å². The van der Waals surface area contributed by atoms with E-state index in [0.717, 1.165) is 27.0 Å². The van der Waals surface area contributed by atoms with Crippen LogP contribution < -0.4 is 30.2 Å². The number of pyridine rings is 4. The summed E-state index contributed by atoms with van der Waals surface area (Å²) in [7, 11) is 3.87. The fourth-order valence-corrected chi connectivity index (χ4v) is 5.19. The number of aromatic nitrogens is 4. The van der Waals surface area contributed by atoms with Gasteiger partial charge in [0.1, 0.15) is 36.9 Å². The largest absolute Gasteiger partial charge is 0.316 e. The number of carbonyl (C=O) groups is 2. The van der Waals surface area contributed by atoms with Gasteiger partial charge in [0.05, 0.1) is 10.7 Å². The zero-order valence-corrected chi connectivity index (χ0v) is 26.1. The van der Waals surface area contributed by atoms with Crippen LogP contribution in [0.3, 0.4) is 0 Å². The van der Waals surface area contributed by atoms with Gasteiger partial charge in [-0.1, -0.05) is 62.9 Å². The minimum absolute atomic E-state index is 0.209. The molecule has 0 aliphatic carbocycles. The summed E-state index contributed by atoms with van der Waals surface area (Å²) in [5, 5.41) is 10.2. The molecule has 0 aliphatic rings. The Hall–Kier alpha value is -5.76. The molecule has 0 bridgehead atoms. The quantitative estimate of drug-likeness (QED) is 0.294. The second-order valence-electron chi connectivity index (χ2n) is 10.3. The molecule has 0 aliphatic heterocycles. The smallest absolute Gasteiger partial charge is 0.274 e. The standard InChI is InChI=1S/C35H28N6O2.C2H6/c1-5-23-15-17-29(35(43)37-27-19-25-11-7-9-13-31(25)41(4)21-27)39-33(23)32-22(2)14-16-28(38-32)34(42)36-26-18-24-10-6-8-12-30(24)40(3)20-26;1-2/h5-21H,2H2,1,3-4H3;1-2H3/p+2/b23-5-,33-32-;. The Morgan fingerprint density at radius 2 is 1.16 bits per heavy atom. The molecule has 2 amide bonds. The van der Waals surface area contributed by atoms with Gasteiger partial charge in [0.2, 0.25) is 11.0 Å². The van der Waals surface area contributed by atoms with Gasteiger partial charge >= 0.3 is 0 Å². The average molecular weight is 597 g/mol. The van der Waals surface area contributed by atoms with Gasteiger partial charge in [-0.3, -0.25) is 9.59 Å². The zero-order valence-electron chi connectivity index (χ0n) is 26.1. The van der Waals surface area contributed by atoms with Gasteiger partial charge in [0.25, 0.3) is 11.8 Å². The third-order valence-electron chi connectivity index (χ3n) is 7.34. The van der Waals surface area contributed by atoms with Gasteiger partial charge in [0, 0.05) is 22.9 Å². The number of anilines is 2. The Labute approximate surface area is 261 Å². The molecule has 45 heavy (non-hydrogen) atoms. The number of hydrogen-bond acceptors (Lipinski definition) is 4. The molecule has 0 fully saturated rings. The molecule has 0 spiro atoms. The molecule has 0 saturated heterocycles. The molecule has 0 saturated carbocycles. The van der Waals surface area contributed by atoms with E-state index in [1.165, 1.54) is 0 Å². The number of para-hydroxylation sites is 2. The van der Waals surface area contributed by atoms with E-state index in [0.29, 0.717) is 27.3 Å². The second-order valence-corrected chi connectivity index (χ2v) is 10.3. The van der Waals surface area contributed by atoms with Crippen LogP contribution >= 0.6 is 0 Å². The summed E-state index contributed by atoms with van der Waals surface area (Å²) >= 11 is 0. The predicted octanol–water partition coefficient (Wildman–Crippen LogP) is 4.46. The summed E-state index contributed by atoms with van der Waals surface area (Å²) in [6.07, 6.45) is 5.61. The Morgan fingerprint density at radius 3 is 1.67 bits per heavy atom. The summed E-state index contributed by atoms with van der Waals surface area (Å²) in [5.41, 5.74) is 3.83. The van der Waals surface area contributed by atoms with E-state index in [4.69, 9.17) is 4.98 Å². The SMILES string of the molecule is C=c1ccc(C(=O)Nc2cc3ccccc3[n+](C)c2)n/c1=c1\nc(C(=O)Nc2cc3ccccc3[n+](C)c2)cc\c1=C\C.CC. The highest BCUT2D eigenvalue weighted by Gasteiger charge is 2.15. The van der Waals surface area contributed by atoms with Crippen LogP contribution in [0.4, 0.5) is 11.4 Å². The summed E-state index contributed by atoms with van der Waals surface area (Å²) in [6.45, 7) is 10.0. The number of nitrogens with zero attached hydrogens (tertiary/aromatic N) is 4. The highest BCUT2D eigenvalue weighted by Crippen LogP contribution is 2.16. The lowest BCUT2D eigenvalue weighted by Gasteiger charge is -2.06. The predicted molar refractivity (Wildman–Crippen MR) is 179 cm³/mol. The van der Waals surface area contributed by atoms with Crippen LogP contribution in [0.25, 0.3) is 34.5 Å². The second kappa shape index (κ2) is 13.3. The fraction of sp³-hybridized carbons (Fsp3) is 0.135. The Bertz CT molecular complexity index is 2300. The van der Waals surface area contributed by atoms with E-state index in [9.17, 15) is 9.59 Å². The van der Waals surface area contributed by atoms with E-state index in [1.807, 2.05) is 129 Å². The average Bonchev–Trinajstić information content (AvgIpc) is 3.05. The summed E-state index contributed by atoms with van der Waals surface area (Å²) in [4.78, 5) is 36.0. The fourth-order valence-electron chi connectivity index (χ4n) is 5.19. The van der Waals surface area contributed by atoms with Crippen molar-refractivity contribution in [3.8, 4) is 0 Å². The number of amides is 2. The lowest BCUT2D eigenvalue weighted by atomic mass is 10.2. The molecule has 4 aromatic heterocycles. The zero-order chi connectivity index (χ0) is 32.1. The molecule has 0 unspecified atom stereocenters. The van der Waals surface area contributed by atoms with Crippen molar-refractivity contribution in [3.63, 3.8) is 0 Å². The van der Waals surface area contributed by atoms with Gasteiger partial charge in [-0.05, 0) is 53.8 Å². The van der Waals surface area contributed by atoms with Crippen molar-refractivity contribution in [2.24, 2.45) is 14.1 Å². The van der Waals surface area contributed by atoms with Gasteiger partial charge in [-0.2, -0.15) is 9.13 Å². The van der Waals surface area contributed by atoms with Crippen molar-refractivity contribution in [3.05, 3.63) is 130 Å². The topological polar surface area (TPSA) is 91.7 Å². The molecule has 2 N–H and O–H groups in total. The van der Waals surface area contributed by atoms with Crippen molar-refractivity contribution >= 4 is 57.6 Å². The number of benzene rings is 2. The number of nitrogens with one attached hydrogen (secondary N) is 2. The molecule has 0 radical (unpaired) electrons. The van der Waals surface area contributed by atoms with Crippen LogP contribution in [0.15, 0.2) is 97.3 Å². The molecule has 8 nitrogen and oxygen atoms in total. The minimum atomic E-state index is -0.364. The highest BCUT2D eigenvalue weighted by atomic mass is 16.2. The first-order valence-electron chi connectivity index (χ1n) is 14.8. The first kappa shape index (κ1) is 30.7. The van der Waals surface area contributed by atoms with Gasteiger partial charge in [0.15, 0.2) is 12.4 Å². The van der Waals surface area contributed by atoms with Crippen molar-refractivity contribution in [1.29, 1.82) is 0 Å². The van der Waals surface area contributed by atoms with Crippen molar-refractivity contribution < 1.29 is 18.7 Å². The third kappa shape index (κ3) is 6.45. The van der Waals surface area contributed by atoms with Gasteiger partial charge < -0.3 is 10.6 Å². The Morgan fingerprint density at radius 1 is 0.689 bits per heavy atom. The van der Waals surface area contributed by atoms with E-state index in [2.05, 4.69) is 22.2 Å². The molecule has 4 heterocycles. The number of hydrogen-bond donors (Lipinski definition) is 2. The summed E-state index contributed by atoms with van der Waals surface area (Å²) < 4.78 is 3.93. The third-order valence-corrected chi connectivity index (χ3v) is 7.34. The summed E-state index contributed by atoms with van der Waals surface area (Å²) in [6, 6.07) is 26.6. The summed E-state index contributed by atoms with van der Waals surface area (Å²) in [5.74, 6) is -0.723. The molecule has 8 heteroatoms. The molecule has 2 aromatic carbocycles.